The van der Waals surface area contributed by atoms with Crippen LogP contribution in [0.2, 0.25) is 0 Å². The number of aromatic amines is 1. The number of nitrogens with one attached hydrogen (secondary N) is 1. The number of hydrogen-bond donors (Lipinski definition) is 3. The van der Waals surface area contributed by atoms with Gasteiger partial charge in [0.1, 0.15) is 5.54 Å². The van der Waals surface area contributed by atoms with Gasteiger partial charge in [0.25, 0.3) is 0 Å². The molecule has 100 valence electrons. The minimum Gasteiger partial charge on any atom is -0.480 e. The van der Waals surface area contributed by atoms with E-state index in [0.29, 0.717) is 18.0 Å². The Kier molecular flexibility index (Phi) is 3.49. The molecule has 2 atom stereocenters. The van der Waals surface area contributed by atoms with Gasteiger partial charge in [0.2, 0.25) is 0 Å². The summed E-state index contributed by atoms with van der Waals surface area (Å²) in [7, 11) is 1.63. The van der Waals surface area contributed by atoms with Crippen LogP contribution in [0.1, 0.15) is 25.7 Å². The number of carbonyl (C=O) groups is 1. The summed E-state index contributed by atoms with van der Waals surface area (Å²) in [5.74, 6) is -0.955. The van der Waals surface area contributed by atoms with Gasteiger partial charge < -0.3 is 10.8 Å². The van der Waals surface area contributed by atoms with Crippen LogP contribution in [-0.2, 0) is 11.8 Å². The molecule has 1 fully saturated rings. The molecule has 0 aromatic carbocycles. The first-order chi connectivity index (χ1) is 8.42. The van der Waals surface area contributed by atoms with Gasteiger partial charge in [-0.3, -0.25) is 9.36 Å². The van der Waals surface area contributed by atoms with E-state index in [0.717, 1.165) is 12.8 Å². The van der Waals surface area contributed by atoms with E-state index < -0.39 is 11.5 Å². The minimum absolute atomic E-state index is 0.0775. The molecule has 2 rings (SSSR count). The van der Waals surface area contributed by atoms with Crippen molar-refractivity contribution in [3.8, 4) is 0 Å². The molecule has 1 aliphatic rings. The molecule has 1 saturated carbocycles. The van der Waals surface area contributed by atoms with Crippen LogP contribution in [0, 0.1) is 0 Å². The Hall–Kier alpha value is -1.28. The summed E-state index contributed by atoms with van der Waals surface area (Å²) >= 11 is 1.41. The molecule has 1 aromatic heterocycles. The summed E-state index contributed by atoms with van der Waals surface area (Å²) in [5, 5.41) is 16.0. The van der Waals surface area contributed by atoms with Crippen molar-refractivity contribution in [2.45, 2.75) is 41.6 Å². The predicted octanol–water partition coefficient (Wildman–Crippen LogP) is -0.0748. The lowest BCUT2D eigenvalue weighted by atomic mass is 9.82. The highest BCUT2D eigenvalue weighted by Gasteiger charge is 2.40. The van der Waals surface area contributed by atoms with E-state index in [-0.39, 0.29) is 10.9 Å². The van der Waals surface area contributed by atoms with Crippen molar-refractivity contribution >= 4 is 17.7 Å². The maximum Gasteiger partial charge on any atom is 0.343 e. The Morgan fingerprint density at radius 3 is 3.00 bits per heavy atom. The number of hydrogen-bond acceptors (Lipinski definition) is 5. The van der Waals surface area contributed by atoms with E-state index in [1.54, 1.807) is 7.05 Å². The van der Waals surface area contributed by atoms with Crippen LogP contribution in [0.5, 0.6) is 0 Å². The molecule has 0 spiro atoms. The molecular weight excluding hydrogens is 256 g/mol. The molecule has 4 N–H and O–H groups in total. The number of aromatic nitrogens is 3. The standard InChI is InChI=1S/C10H16N4O3S/c1-14-8(17)12-13-9(14)18-6-3-2-4-10(11,5-6)7(15)16/h6H,2-5,11H2,1H3,(H,12,17)(H,15,16). The highest BCUT2D eigenvalue weighted by molar-refractivity contribution is 7.99. The lowest BCUT2D eigenvalue weighted by Gasteiger charge is -2.33. The molecular formula is C10H16N4O3S. The first kappa shape index (κ1) is 13.2. The average molecular weight is 272 g/mol. The zero-order chi connectivity index (χ0) is 13.3. The second kappa shape index (κ2) is 4.77. The summed E-state index contributed by atoms with van der Waals surface area (Å²) < 4.78 is 1.41. The second-order valence-corrected chi connectivity index (χ2v) is 5.94. The van der Waals surface area contributed by atoms with E-state index in [4.69, 9.17) is 10.8 Å². The third kappa shape index (κ3) is 2.44. The molecule has 0 radical (unpaired) electrons. The zero-order valence-corrected chi connectivity index (χ0v) is 10.9. The maximum atomic E-state index is 11.2. The van der Waals surface area contributed by atoms with Gasteiger partial charge >= 0.3 is 11.7 Å². The van der Waals surface area contributed by atoms with Gasteiger partial charge in [0.05, 0.1) is 0 Å². The highest BCUT2D eigenvalue weighted by atomic mass is 32.2. The van der Waals surface area contributed by atoms with Crippen LogP contribution in [0.4, 0.5) is 0 Å². The van der Waals surface area contributed by atoms with Crippen LogP contribution in [0.15, 0.2) is 9.95 Å². The fraction of sp³-hybridized carbons (Fsp3) is 0.700. The summed E-state index contributed by atoms with van der Waals surface area (Å²) in [5.41, 5.74) is 4.46. The van der Waals surface area contributed by atoms with Crippen molar-refractivity contribution in [2.75, 3.05) is 0 Å². The normalized spacial score (nSPS) is 28.2. The molecule has 1 aliphatic carbocycles. The van der Waals surface area contributed by atoms with E-state index in [1.807, 2.05) is 0 Å². The highest BCUT2D eigenvalue weighted by Crippen LogP contribution is 2.36. The molecule has 8 heteroatoms. The van der Waals surface area contributed by atoms with Crippen molar-refractivity contribution in [1.82, 2.24) is 14.8 Å². The summed E-state index contributed by atoms with van der Waals surface area (Å²) in [6.45, 7) is 0. The van der Waals surface area contributed by atoms with Crippen LogP contribution >= 0.6 is 11.8 Å². The topological polar surface area (TPSA) is 114 Å². The first-order valence-corrected chi connectivity index (χ1v) is 6.61. The largest absolute Gasteiger partial charge is 0.480 e. The number of nitrogens with two attached hydrogens (primary N) is 1. The van der Waals surface area contributed by atoms with Gasteiger partial charge in [-0.25, -0.2) is 9.89 Å². The summed E-state index contributed by atoms with van der Waals surface area (Å²) in [4.78, 5) is 22.4. The van der Waals surface area contributed by atoms with E-state index in [9.17, 15) is 9.59 Å². The zero-order valence-electron chi connectivity index (χ0n) is 10.0. The lowest BCUT2D eigenvalue weighted by Crippen LogP contribution is -2.51. The van der Waals surface area contributed by atoms with Gasteiger partial charge in [-0.15, -0.1) is 5.10 Å². The number of carboxylic acids is 1. The Labute approximate surface area is 108 Å². The Morgan fingerprint density at radius 2 is 2.44 bits per heavy atom. The smallest absolute Gasteiger partial charge is 0.343 e. The van der Waals surface area contributed by atoms with Crippen molar-refractivity contribution in [3.05, 3.63) is 10.5 Å². The first-order valence-electron chi connectivity index (χ1n) is 5.73. The Morgan fingerprint density at radius 1 is 1.72 bits per heavy atom. The summed E-state index contributed by atoms with van der Waals surface area (Å²) in [6.07, 6.45) is 2.56. The number of rotatable bonds is 3. The van der Waals surface area contributed by atoms with E-state index in [2.05, 4.69) is 10.2 Å². The molecule has 18 heavy (non-hydrogen) atoms. The molecule has 0 bridgehead atoms. The number of aliphatic carboxylic acids is 1. The van der Waals surface area contributed by atoms with Crippen molar-refractivity contribution in [1.29, 1.82) is 0 Å². The van der Waals surface area contributed by atoms with Gasteiger partial charge in [-0.2, -0.15) is 0 Å². The third-order valence-corrected chi connectivity index (χ3v) is 4.59. The van der Waals surface area contributed by atoms with Crippen LogP contribution in [0.25, 0.3) is 0 Å². The number of carboxylic acid groups (broad SMARTS) is 1. The van der Waals surface area contributed by atoms with Crippen LogP contribution in [0.3, 0.4) is 0 Å². The minimum atomic E-state index is -1.15. The number of nitrogens with zero attached hydrogens (tertiary/aromatic N) is 2. The maximum absolute atomic E-state index is 11.2. The summed E-state index contributed by atoms with van der Waals surface area (Å²) in [6, 6.07) is 0. The van der Waals surface area contributed by atoms with Crippen molar-refractivity contribution in [2.24, 2.45) is 12.8 Å². The number of H-pyrrole nitrogens is 1. The molecule has 1 aromatic rings. The van der Waals surface area contributed by atoms with Crippen LogP contribution in [-0.4, -0.2) is 36.6 Å². The molecule has 1 heterocycles. The van der Waals surface area contributed by atoms with Crippen molar-refractivity contribution < 1.29 is 9.90 Å². The second-order valence-electron chi connectivity index (χ2n) is 4.67. The van der Waals surface area contributed by atoms with E-state index in [1.165, 1.54) is 16.3 Å². The molecule has 0 amide bonds. The molecule has 0 aliphatic heterocycles. The number of thioether (sulfide) groups is 1. The monoisotopic (exact) mass is 272 g/mol. The van der Waals surface area contributed by atoms with E-state index >= 15 is 0 Å². The van der Waals surface area contributed by atoms with Gasteiger partial charge in [-0.05, 0) is 25.7 Å². The van der Waals surface area contributed by atoms with Gasteiger partial charge in [0.15, 0.2) is 5.16 Å². The average Bonchev–Trinajstić information content (AvgIpc) is 2.61. The predicted molar refractivity (Wildman–Crippen MR) is 66.5 cm³/mol. The molecule has 7 nitrogen and oxygen atoms in total. The SMILES string of the molecule is Cn1c(SC2CCCC(N)(C(=O)O)C2)n[nH]c1=O. The fourth-order valence-electron chi connectivity index (χ4n) is 2.14. The molecule has 0 saturated heterocycles. The van der Waals surface area contributed by atoms with Crippen LogP contribution < -0.4 is 11.4 Å². The third-order valence-electron chi connectivity index (χ3n) is 3.28. The molecule has 2 unspecified atom stereocenters. The Bertz CT molecular complexity index is 511. The van der Waals surface area contributed by atoms with Gasteiger partial charge in [-0.1, -0.05) is 11.8 Å². The quantitative estimate of drug-likeness (QED) is 0.709. The Balaban J connectivity index is 2.09. The lowest BCUT2D eigenvalue weighted by molar-refractivity contribution is -0.144. The fourth-order valence-corrected chi connectivity index (χ4v) is 3.44. The van der Waals surface area contributed by atoms with Crippen molar-refractivity contribution in [3.63, 3.8) is 0 Å². The van der Waals surface area contributed by atoms with Gasteiger partial charge in [0, 0.05) is 12.3 Å².